The normalized spacial score (nSPS) is 29.8. The molecule has 3 rings (SSSR count). The quantitative estimate of drug-likeness (QED) is 0.702. The summed E-state index contributed by atoms with van der Waals surface area (Å²) in [7, 11) is 0. The van der Waals surface area contributed by atoms with Gasteiger partial charge in [-0.05, 0) is 43.1 Å². The van der Waals surface area contributed by atoms with E-state index >= 15 is 0 Å². The zero-order valence-corrected chi connectivity index (χ0v) is 12.7. The Labute approximate surface area is 122 Å². The summed E-state index contributed by atoms with van der Waals surface area (Å²) in [5.41, 5.74) is 1.14. The fourth-order valence-electron chi connectivity index (χ4n) is 3.59. The molecule has 98 valence electrons. The second-order valence-electron chi connectivity index (χ2n) is 5.61. The van der Waals surface area contributed by atoms with Crippen LogP contribution in [0.1, 0.15) is 31.2 Å². The van der Waals surface area contributed by atoms with Crippen LogP contribution in [0.2, 0.25) is 5.02 Å². The molecule has 0 aromatic heterocycles. The van der Waals surface area contributed by atoms with Gasteiger partial charge in [-0.3, -0.25) is 0 Å². The highest BCUT2D eigenvalue weighted by Gasteiger charge is 2.39. The Morgan fingerprint density at radius 2 is 2.17 bits per heavy atom. The van der Waals surface area contributed by atoms with Gasteiger partial charge < -0.3 is 4.74 Å². The van der Waals surface area contributed by atoms with Crippen molar-refractivity contribution in [2.24, 2.45) is 17.8 Å². The summed E-state index contributed by atoms with van der Waals surface area (Å²) in [5.74, 6) is 3.51. The van der Waals surface area contributed by atoms with E-state index in [1.165, 1.54) is 25.7 Å². The summed E-state index contributed by atoms with van der Waals surface area (Å²) in [5, 5.41) is 1.52. The van der Waals surface area contributed by atoms with Crippen molar-refractivity contribution in [1.29, 1.82) is 0 Å². The maximum absolute atomic E-state index is 6.23. The van der Waals surface area contributed by atoms with Crippen LogP contribution in [0.4, 0.5) is 0 Å². The van der Waals surface area contributed by atoms with Crippen molar-refractivity contribution in [3.8, 4) is 5.75 Å². The summed E-state index contributed by atoms with van der Waals surface area (Å²) in [6, 6.07) is 5.95. The van der Waals surface area contributed by atoms with E-state index in [2.05, 4.69) is 22.0 Å². The van der Waals surface area contributed by atoms with Gasteiger partial charge in [-0.1, -0.05) is 46.1 Å². The van der Waals surface area contributed by atoms with E-state index < -0.39 is 0 Å². The molecule has 0 N–H and O–H groups in total. The molecule has 3 unspecified atom stereocenters. The van der Waals surface area contributed by atoms with Gasteiger partial charge in [-0.15, -0.1) is 0 Å². The Balaban J connectivity index is 1.66. The van der Waals surface area contributed by atoms with Crippen molar-refractivity contribution in [3.63, 3.8) is 0 Å². The van der Waals surface area contributed by atoms with Gasteiger partial charge in [-0.25, -0.2) is 0 Å². The Morgan fingerprint density at radius 1 is 1.28 bits per heavy atom. The van der Waals surface area contributed by atoms with Gasteiger partial charge in [0.2, 0.25) is 0 Å². The highest BCUT2D eigenvalue weighted by molar-refractivity contribution is 9.08. The fraction of sp³-hybridized carbons (Fsp3) is 0.600. The zero-order valence-electron chi connectivity index (χ0n) is 10.4. The predicted octanol–water partition coefficient (Wildman–Crippen LogP) is 5.05. The fourth-order valence-corrected chi connectivity index (χ4v) is 4.28. The summed E-state index contributed by atoms with van der Waals surface area (Å²) >= 11 is 9.72. The number of benzene rings is 1. The average Bonchev–Trinajstić information content (AvgIpc) is 2.99. The number of alkyl halides is 1. The number of hydrogen-bond acceptors (Lipinski definition) is 1. The molecule has 0 saturated heterocycles. The lowest BCUT2D eigenvalue weighted by molar-refractivity contribution is 0.194. The van der Waals surface area contributed by atoms with E-state index in [0.29, 0.717) is 0 Å². The van der Waals surface area contributed by atoms with Crippen LogP contribution in [-0.4, -0.2) is 6.61 Å². The van der Waals surface area contributed by atoms with Gasteiger partial charge in [0.05, 0.1) is 11.6 Å². The summed E-state index contributed by atoms with van der Waals surface area (Å²) in [6.07, 6.45) is 5.65. The summed E-state index contributed by atoms with van der Waals surface area (Å²) in [4.78, 5) is 0. The molecule has 1 aromatic carbocycles. The van der Waals surface area contributed by atoms with Gasteiger partial charge >= 0.3 is 0 Å². The van der Waals surface area contributed by atoms with E-state index in [4.69, 9.17) is 16.3 Å². The summed E-state index contributed by atoms with van der Waals surface area (Å²) in [6.45, 7) is 0.838. The Morgan fingerprint density at radius 3 is 2.83 bits per heavy atom. The monoisotopic (exact) mass is 328 g/mol. The Hall–Kier alpha value is -0.210. The smallest absolute Gasteiger partial charge is 0.141 e. The molecular weight excluding hydrogens is 312 g/mol. The molecule has 3 atom stereocenters. The SMILES string of the molecule is Clc1cccc(CBr)c1OCC1CC2CCC1C2. The minimum atomic E-state index is 0.732. The molecule has 0 aliphatic heterocycles. The Bertz CT molecular complexity index is 435. The minimum absolute atomic E-state index is 0.732. The van der Waals surface area contributed by atoms with E-state index in [-0.39, 0.29) is 0 Å². The lowest BCUT2D eigenvalue weighted by Gasteiger charge is -2.22. The number of fused-ring (bicyclic) bond motifs is 2. The first-order valence-electron chi connectivity index (χ1n) is 6.74. The third-order valence-electron chi connectivity index (χ3n) is 4.52. The van der Waals surface area contributed by atoms with E-state index in [0.717, 1.165) is 46.0 Å². The molecule has 0 amide bonds. The number of halogens is 2. The van der Waals surface area contributed by atoms with Crippen LogP contribution in [0.25, 0.3) is 0 Å². The molecule has 2 fully saturated rings. The molecule has 1 nitrogen and oxygen atoms in total. The standard InChI is InChI=1S/C15H18BrClO/c16-8-12-2-1-3-14(17)15(12)18-9-13-7-10-4-5-11(13)6-10/h1-3,10-11,13H,4-9H2. The van der Waals surface area contributed by atoms with Gasteiger partial charge in [0.1, 0.15) is 5.75 Å². The average molecular weight is 330 g/mol. The van der Waals surface area contributed by atoms with E-state index in [9.17, 15) is 0 Å². The highest BCUT2D eigenvalue weighted by atomic mass is 79.9. The van der Waals surface area contributed by atoms with Crippen LogP contribution in [-0.2, 0) is 5.33 Å². The van der Waals surface area contributed by atoms with Crippen molar-refractivity contribution in [1.82, 2.24) is 0 Å². The lowest BCUT2D eigenvalue weighted by Crippen LogP contribution is -2.19. The number of ether oxygens (including phenoxy) is 1. The second kappa shape index (κ2) is 5.42. The molecule has 2 aliphatic carbocycles. The lowest BCUT2D eigenvalue weighted by atomic mass is 9.89. The van der Waals surface area contributed by atoms with Crippen LogP contribution < -0.4 is 4.74 Å². The first-order valence-corrected chi connectivity index (χ1v) is 8.24. The molecule has 2 aliphatic rings. The molecule has 3 heteroatoms. The molecule has 2 saturated carbocycles. The van der Waals surface area contributed by atoms with Gasteiger partial charge in [0, 0.05) is 10.9 Å². The molecule has 18 heavy (non-hydrogen) atoms. The maximum Gasteiger partial charge on any atom is 0.141 e. The van der Waals surface area contributed by atoms with Crippen LogP contribution >= 0.6 is 27.5 Å². The molecule has 1 aromatic rings. The highest BCUT2D eigenvalue weighted by Crippen LogP contribution is 2.48. The van der Waals surface area contributed by atoms with Gasteiger partial charge in [0.15, 0.2) is 0 Å². The van der Waals surface area contributed by atoms with Gasteiger partial charge in [-0.2, -0.15) is 0 Å². The van der Waals surface area contributed by atoms with Crippen LogP contribution in [0.15, 0.2) is 18.2 Å². The third-order valence-corrected chi connectivity index (χ3v) is 5.42. The van der Waals surface area contributed by atoms with Crippen molar-refractivity contribution in [2.45, 2.75) is 31.0 Å². The molecule has 0 heterocycles. The molecule has 2 bridgehead atoms. The number of rotatable bonds is 4. The first kappa shape index (κ1) is 12.8. The number of hydrogen-bond donors (Lipinski definition) is 0. The van der Waals surface area contributed by atoms with Crippen molar-refractivity contribution in [2.75, 3.05) is 6.61 Å². The molecule has 0 spiro atoms. The van der Waals surface area contributed by atoms with E-state index in [1.54, 1.807) is 0 Å². The van der Waals surface area contributed by atoms with Crippen LogP contribution in [0.5, 0.6) is 5.75 Å². The first-order chi connectivity index (χ1) is 8.78. The third kappa shape index (κ3) is 2.42. The summed E-state index contributed by atoms with van der Waals surface area (Å²) < 4.78 is 6.03. The zero-order chi connectivity index (χ0) is 12.5. The van der Waals surface area contributed by atoms with Crippen molar-refractivity contribution in [3.05, 3.63) is 28.8 Å². The number of para-hydroxylation sites is 1. The van der Waals surface area contributed by atoms with Crippen molar-refractivity contribution < 1.29 is 4.74 Å². The molecule has 0 radical (unpaired) electrons. The molecular formula is C15H18BrClO. The maximum atomic E-state index is 6.23. The van der Waals surface area contributed by atoms with Crippen LogP contribution in [0, 0.1) is 17.8 Å². The Kier molecular flexibility index (Phi) is 3.86. The topological polar surface area (TPSA) is 9.23 Å². The van der Waals surface area contributed by atoms with E-state index in [1.807, 2.05) is 12.1 Å². The van der Waals surface area contributed by atoms with Crippen LogP contribution in [0.3, 0.4) is 0 Å². The predicted molar refractivity (Wildman–Crippen MR) is 78.5 cm³/mol. The van der Waals surface area contributed by atoms with Gasteiger partial charge in [0.25, 0.3) is 0 Å². The second-order valence-corrected chi connectivity index (χ2v) is 6.58. The van der Waals surface area contributed by atoms with Crippen molar-refractivity contribution >= 4 is 27.5 Å². The largest absolute Gasteiger partial charge is 0.491 e. The minimum Gasteiger partial charge on any atom is -0.491 e.